The molecule has 0 atom stereocenters. The fourth-order valence-corrected chi connectivity index (χ4v) is 2.12. The summed E-state index contributed by atoms with van der Waals surface area (Å²) in [5.74, 6) is -0.212. The Morgan fingerprint density at radius 3 is 2.81 bits per heavy atom. The summed E-state index contributed by atoms with van der Waals surface area (Å²) in [5.41, 5.74) is 0.964. The first-order valence-electron chi connectivity index (χ1n) is 6.07. The van der Waals surface area contributed by atoms with Crippen LogP contribution in [-0.2, 0) is 0 Å². The zero-order valence-corrected chi connectivity index (χ0v) is 12.9. The minimum absolute atomic E-state index is 0.00814. The van der Waals surface area contributed by atoms with Crippen LogP contribution in [0.4, 0.5) is 0 Å². The summed E-state index contributed by atoms with van der Waals surface area (Å²) in [6.07, 6.45) is 0. The average Bonchev–Trinajstić information content (AvgIpc) is 2.89. The number of halogens is 1. The van der Waals surface area contributed by atoms with Crippen LogP contribution >= 0.6 is 15.9 Å². The molecule has 2 rings (SSSR count). The van der Waals surface area contributed by atoms with E-state index in [1.165, 1.54) is 18.2 Å². The molecular weight excluding hydrogens is 340 g/mol. The lowest BCUT2D eigenvalue weighted by Crippen LogP contribution is -2.09. The van der Waals surface area contributed by atoms with Crippen LogP contribution in [0.5, 0.6) is 11.5 Å². The van der Waals surface area contributed by atoms with Crippen molar-refractivity contribution in [2.45, 2.75) is 13.8 Å². The number of aromatic nitrogens is 1. The summed E-state index contributed by atoms with van der Waals surface area (Å²) >= 11 is 3.26. The van der Waals surface area contributed by atoms with Gasteiger partial charge in [-0.3, -0.25) is 0 Å². The van der Waals surface area contributed by atoms with E-state index >= 15 is 0 Å². The van der Waals surface area contributed by atoms with E-state index < -0.39 is 5.97 Å². The van der Waals surface area contributed by atoms with Crippen molar-refractivity contribution in [3.63, 3.8) is 0 Å². The Bertz CT molecular complexity index is 718. The topological polar surface area (TPSA) is 85.4 Å². The molecule has 0 aliphatic heterocycles. The Morgan fingerprint density at radius 2 is 2.24 bits per heavy atom. The Hall–Kier alpha value is -2.33. The van der Waals surface area contributed by atoms with Crippen molar-refractivity contribution in [1.29, 1.82) is 5.26 Å². The van der Waals surface area contributed by atoms with Crippen LogP contribution in [0.15, 0.2) is 27.2 Å². The zero-order valence-electron chi connectivity index (χ0n) is 11.3. The predicted molar refractivity (Wildman–Crippen MR) is 76.2 cm³/mol. The smallest absolute Gasteiger partial charge is 0.382 e. The van der Waals surface area contributed by atoms with E-state index in [2.05, 4.69) is 21.1 Å². The minimum Gasteiger partial charge on any atom is -0.490 e. The number of carbonyl (C=O) groups excluding carboxylic acids is 1. The highest BCUT2D eigenvalue weighted by Crippen LogP contribution is 2.37. The molecule has 0 fully saturated rings. The molecule has 0 bridgehead atoms. The van der Waals surface area contributed by atoms with Crippen LogP contribution in [0, 0.1) is 18.3 Å². The highest BCUT2D eigenvalue weighted by molar-refractivity contribution is 9.10. The number of nitrogens with zero attached hydrogens (tertiary/aromatic N) is 2. The number of nitriles is 1. The summed E-state index contributed by atoms with van der Waals surface area (Å²) in [6, 6.07) is 6.52. The number of esters is 1. The van der Waals surface area contributed by atoms with Gasteiger partial charge in [-0.15, -0.1) is 0 Å². The maximum absolute atomic E-state index is 12.0. The molecular formula is C14H11BrN2O4. The molecule has 0 radical (unpaired) electrons. The van der Waals surface area contributed by atoms with Crippen molar-refractivity contribution >= 4 is 21.9 Å². The Labute approximate surface area is 129 Å². The van der Waals surface area contributed by atoms with Crippen LogP contribution in [0.25, 0.3) is 0 Å². The molecule has 6 nitrogen and oxygen atoms in total. The third-order valence-electron chi connectivity index (χ3n) is 2.46. The van der Waals surface area contributed by atoms with Crippen molar-refractivity contribution in [2.75, 3.05) is 6.61 Å². The van der Waals surface area contributed by atoms with Gasteiger partial charge in [0.15, 0.2) is 11.5 Å². The summed E-state index contributed by atoms with van der Waals surface area (Å²) in [7, 11) is 0. The molecule has 0 aliphatic rings. The predicted octanol–water partition coefficient (Wildman–Crippen LogP) is 3.24. The van der Waals surface area contributed by atoms with E-state index in [1.807, 2.05) is 6.07 Å². The first-order chi connectivity index (χ1) is 10.0. The van der Waals surface area contributed by atoms with Gasteiger partial charge >= 0.3 is 5.97 Å². The van der Waals surface area contributed by atoms with Gasteiger partial charge in [0.05, 0.1) is 28.4 Å². The van der Waals surface area contributed by atoms with E-state index in [1.54, 1.807) is 13.8 Å². The monoisotopic (exact) mass is 350 g/mol. The molecule has 2 aromatic rings. The fraction of sp³-hybridized carbons (Fsp3) is 0.214. The number of ether oxygens (including phenoxy) is 2. The highest BCUT2D eigenvalue weighted by atomic mass is 79.9. The largest absolute Gasteiger partial charge is 0.490 e. The number of rotatable bonds is 4. The summed E-state index contributed by atoms with van der Waals surface area (Å²) in [5, 5.41) is 12.6. The van der Waals surface area contributed by atoms with Gasteiger partial charge in [0.2, 0.25) is 5.76 Å². The van der Waals surface area contributed by atoms with Gasteiger partial charge in [-0.25, -0.2) is 4.79 Å². The molecule has 1 aromatic heterocycles. The quantitative estimate of drug-likeness (QED) is 0.621. The van der Waals surface area contributed by atoms with Gasteiger partial charge in [0.25, 0.3) is 0 Å². The summed E-state index contributed by atoms with van der Waals surface area (Å²) < 4.78 is 16.0. The van der Waals surface area contributed by atoms with Crippen LogP contribution in [-0.4, -0.2) is 17.7 Å². The molecule has 0 saturated heterocycles. The molecule has 1 heterocycles. The summed E-state index contributed by atoms with van der Waals surface area (Å²) in [4.78, 5) is 12.0. The van der Waals surface area contributed by atoms with E-state index in [9.17, 15) is 4.79 Å². The lowest BCUT2D eigenvalue weighted by atomic mass is 10.2. The van der Waals surface area contributed by atoms with Crippen molar-refractivity contribution in [2.24, 2.45) is 0 Å². The lowest BCUT2D eigenvalue weighted by Gasteiger charge is -2.11. The van der Waals surface area contributed by atoms with Crippen LogP contribution in [0.1, 0.15) is 28.7 Å². The second kappa shape index (κ2) is 6.41. The number of benzene rings is 1. The van der Waals surface area contributed by atoms with Crippen LogP contribution in [0.3, 0.4) is 0 Å². The van der Waals surface area contributed by atoms with Crippen molar-refractivity contribution in [3.8, 4) is 17.6 Å². The van der Waals surface area contributed by atoms with E-state index in [-0.39, 0.29) is 11.5 Å². The molecule has 7 heteroatoms. The van der Waals surface area contributed by atoms with Crippen LogP contribution < -0.4 is 9.47 Å². The van der Waals surface area contributed by atoms with E-state index in [4.69, 9.17) is 19.3 Å². The number of carbonyl (C=O) groups is 1. The maximum atomic E-state index is 12.0. The van der Waals surface area contributed by atoms with Gasteiger partial charge in [0.1, 0.15) is 0 Å². The molecule has 0 N–H and O–H groups in total. The molecule has 0 spiro atoms. The molecule has 21 heavy (non-hydrogen) atoms. The van der Waals surface area contributed by atoms with Gasteiger partial charge in [0, 0.05) is 12.1 Å². The Balaban J connectivity index is 2.34. The fourth-order valence-electron chi connectivity index (χ4n) is 1.60. The van der Waals surface area contributed by atoms with Crippen molar-refractivity contribution in [3.05, 3.63) is 39.7 Å². The van der Waals surface area contributed by atoms with Gasteiger partial charge in [-0.1, -0.05) is 5.16 Å². The molecule has 0 aliphatic carbocycles. The molecule has 108 valence electrons. The van der Waals surface area contributed by atoms with Gasteiger partial charge < -0.3 is 14.0 Å². The van der Waals surface area contributed by atoms with E-state index in [0.717, 1.165) is 0 Å². The molecule has 0 unspecified atom stereocenters. The maximum Gasteiger partial charge on any atom is 0.382 e. The number of hydrogen-bond donors (Lipinski definition) is 0. The third kappa shape index (κ3) is 3.41. The normalized spacial score (nSPS) is 10.0. The standard InChI is InChI=1S/C14H11BrN2O4/c1-3-19-11-6-9(7-16)5-10(15)13(11)20-14(18)12-4-8(2)17-21-12/h4-6H,3H2,1-2H3. The SMILES string of the molecule is CCOc1cc(C#N)cc(Br)c1OC(=O)c1cc(C)no1. The van der Waals surface area contributed by atoms with E-state index in [0.29, 0.717) is 28.1 Å². The Morgan fingerprint density at radius 1 is 1.48 bits per heavy atom. The molecule has 0 amide bonds. The second-order valence-electron chi connectivity index (χ2n) is 4.05. The first kappa shape index (κ1) is 15.1. The minimum atomic E-state index is -0.693. The molecule has 0 saturated carbocycles. The lowest BCUT2D eigenvalue weighted by molar-refractivity contribution is 0.0683. The Kier molecular flexibility index (Phi) is 4.60. The second-order valence-corrected chi connectivity index (χ2v) is 4.91. The zero-order chi connectivity index (χ0) is 15.4. The highest BCUT2D eigenvalue weighted by Gasteiger charge is 2.20. The van der Waals surface area contributed by atoms with Crippen LogP contribution in [0.2, 0.25) is 0 Å². The summed E-state index contributed by atoms with van der Waals surface area (Å²) in [6.45, 7) is 3.86. The van der Waals surface area contributed by atoms with Gasteiger partial charge in [-0.05, 0) is 35.8 Å². The number of hydrogen-bond acceptors (Lipinski definition) is 6. The van der Waals surface area contributed by atoms with Crippen molar-refractivity contribution in [1.82, 2.24) is 5.16 Å². The molecule has 1 aromatic carbocycles. The third-order valence-corrected chi connectivity index (χ3v) is 3.05. The van der Waals surface area contributed by atoms with Gasteiger partial charge in [-0.2, -0.15) is 5.26 Å². The average molecular weight is 351 g/mol. The first-order valence-corrected chi connectivity index (χ1v) is 6.86. The van der Waals surface area contributed by atoms with Crippen molar-refractivity contribution < 1.29 is 18.8 Å². The number of aryl methyl sites for hydroxylation is 1.